The fourth-order valence-electron chi connectivity index (χ4n) is 4.42. The number of carbonyl (C=O) groups is 1. The summed E-state index contributed by atoms with van der Waals surface area (Å²) in [6.45, 7) is 2.51. The van der Waals surface area contributed by atoms with Crippen LogP contribution in [-0.2, 0) is 16.0 Å². The number of ether oxygens (including phenoxy) is 2. The number of rotatable bonds is 5. The van der Waals surface area contributed by atoms with Crippen molar-refractivity contribution >= 4 is 5.91 Å². The number of benzene rings is 1. The molecule has 3 rings (SSSR count). The zero-order valence-corrected chi connectivity index (χ0v) is 15.7. The maximum atomic E-state index is 12.7. The Labute approximate surface area is 150 Å². The molecule has 138 valence electrons. The zero-order valence-electron chi connectivity index (χ0n) is 15.7. The topological polar surface area (TPSA) is 42.0 Å². The maximum absolute atomic E-state index is 12.7. The number of hydrogen-bond donors (Lipinski definition) is 0. The Morgan fingerprint density at radius 3 is 2.68 bits per heavy atom. The lowest BCUT2D eigenvalue weighted by atomic mass is 9.85. The molecular weight excluding hydrogens is 316 g/mol. The highest BCUT2D eigenvalue weighted by Crippen LogP contribution is 2.40. The molecule has 2 fully saturated rings. The molecule has 1 aromatic carbocycles. The average Bonchev–Trinajstić information content (AvgIpc) is 2.92. The van der Waals surface area contributed by atoms with Crippen molar-refractivity contribution in [3.05, 3.63) is 29.8 Å². The van der Waals surface area contributed by atoms with Crippen LogP contribution in [0.4, 0.5) is 0 Å². The molecule has 0 radical (unpaired) electrons. The molecule has 2 aliphatic heterocycles. The Morgan fingerprint density at radius 1 is 1.24 bits per heavy atom. The second-order valence-corrected chi connectivity index (χ2v) is 7.39. The standard InChI is InChI=1S/C20H30N2O3/c1-21-17(15-24-2)7-8-20(21)9-11-22(12-10-20)19(23)14-16-5-4-6-18(13-16)25-3/h4-6,13,17H,7-12,14-15H2,1-3H3/t17-/m0/s1. The summed E-state index contributed by atoms with van der Waals surface area (Å²) in [7, 11) is 5.66. The molecule has 25 heavy (non-hydrogen) atoms. The Balaban J connectivity index is 1.56. The number of nitrogens with zero attached hydrogens (tertiary/aromatic N) is 2. The van der Waals surface area contributed by atoms with E-state index in [0.29, 0.717) is 12.5 Å². The molecule has 1 aromatic rings. The summed E-state index contributed by atoms with van der Waals surface area (Å²) >= 11 is 0. The number of amides is 1. The van der Waals surface area contributed by atoms with E-state index in [2.05, 4.69) is 11.9 Å². The monoisotopic (exact) mass is 346 g/mol. The zero-order chi connectivity index (χ0) is 17.9. The Hall–Kier alpha value is -1.59. The lowest BCUT2D eigenvalue weighted by Crippen LogP contribution is -2.54. The predicted octanol–water partition coefficient (Wildman–Crippen LogP) is 2.34. The van der Waals surface area contributed by atoms with Gasteiger partial charge in [-0.25, -0.2) is 0 Å². The molecule has 0 bridgehead atoms. The van der Waals surface area contributed by atoms with Crippen LogP contribution in [0.1, 0.15) is 31.2 Å². The Kier molecular flexibility index (Phi) is 5.64. The van der Waals surface area contributed by atoms with Crippen molar-refractivity contribution in [2.75, 3.05) is 41.0 Å². The van der Waals surface area contributed by atoms with E-state index < -0.39 is 0 Å². The van der Waals surface area contributed by atoms with Crippen LogP contribution in [0, 0.1) is 0 Å². The molecule has 5 nitrogen and oxygen atoms in total. The SMILES string of the molecule is COC[C@@H]1CCC2(CCN(C(=O)Cc3cccc(OC)c3)CC2)N1C. The molecule has 0 saturated carbocycles. The molecule has 2 heterocycles. The Bertz CT molecular complexity index is 596. The van der Waals surface area contributed by atoms with Crippen LogP contribution in [0.5, 0.6) is 5.75 Å². The number of hydrogen-bond acceptors (Lipinski definition) is 4. The lowest BCUT2D eigenvalue weighted by Gasteiger charge is -2.45. The van der Waals surface area contributed by atoms with Crippen LogP contribution in [0.15, 0.2) is 24.3 Å². The molecular formula is C20H30N2O3. The third-order valence-corrected chi connectivity index (χ3v) is 6.13. The first-order valence-electron chi connectivity index (χ1n) is 9.20. The van der Waals surface area contributed by atoms with Gasteiger partial charge in [-0.15, -0.1) is 0 Å². The fraction of sp³-hybridized carbons (Fsp3) is 0.650. The first kappa shape index (κ1) is 18.2. The third-order valence-electron chi connectivity index (χ3n) is 6.13. The smallest absolute Gasteiger partial charge is 0.226 e. The first-order valence-corrected chi connectivity index (χ1v) is 9.20. The van der Waals surface area contributed by atoms with Crippen molar-refractivity contribution in [2.45, 2.75) is 43.7 Å². The quantitative estimate of drug-likeness (QED) is 0.821. The van der Waals surface area contributed by atoms with E-state index in [4.69, 9.17) is 9.47 Å². The van der Waals surface area contributed by atoms with E-state index in [1.54, 1.807) is 14.2 Å². The molecule has 0 aliphatic carbocycles. The molecule has 0 N–H and O–H groups in total. The lowest BCUT2D eigenvalue weighted by molar-refractivity contribution is -0.133. The summed E-state index contributed by atoms with van der Waals surface area (Å²) in [5.41, 5.74) is 1.28. The molecule has 0 aromatic heterocycles. The molecule has 1 amide bonds. The van der Waals surface area contributed by atoms with Gasteiger partial charge in [-0.2, -0.15) is 0 Å². The average molecular weight is 346 g/mol. The van der Waals surface area contributed by atoms with Gasteiger partial charge in [-0.3, -0.25) is 9.69 Å². The maximum Gasteiger partial charge on any atom is 0.226 e. The molecule has 2 saturated heterocycles. The number of likely N-dealkylation sites (N-methyl/N-ethyl adjacent to an activating group) is 1. The molecule has 0 unspecified atom stereocenters. The number of methoxy groups -OCH3 is 2. The van der Waals surface area contributed by atoms with Crippen molar-refractivity contribution in [3.8, 4) is 5.75 Å². The van der Waals surface area contributed by atoms with Crippen LogP contribution >= 0.6 is 0 Å². The predicted molar refractivity (Wildman–Crippen MR) is 97.9 cm³/mol. The van der Waals surface area contributed by atoms with Crippen LogP contribution in [-0.4, -0.2) is 68.3 Å². The van der Waals surface area contributed by atoms with E-state index in [1.807, 2.05) is 29.2 Å². The van der Waals surface area contributed by atoms with Gasteiger partial charge in [0.25, 0.3) is 0 Å². The number of likely N-dealkylation sites (tertiary alicyclic amines) is 2. The summed E-state index contributed by atoms with van der Waals surface area (Å²) in [5.74, 6) is 1.02. The largest absolute Gasteiger partial charge is 0.497 e. The van der Waals surface area contributed by atoms with Gasteiger partial charge in [0.05, 0.1) is 20.1 Å². The van der Waals surface area contributed by atoms with Crippen LogP contribution in [0.25, 0.3) is 0 Å². The normalized spacial score (nSPS) is 23.2. The third kappa shape index (κ3) is 3.82. The minimum atomic E-state index is 0.220. The minimum Gasteiger partial charge on any atom is -0.497 e. The summed E-state index contributed by atoms with van der Waals surface area (Å²) in [4.78, 5) is 17.2. The summed E-state index contributed by atoms with van der Waals surface area (Å²) in [6.07, 6.45) is 4.99. The van der Waals surface area contributed by atoms with Crippen molar-refractivity contribution in [3.63, 3.8) is 0 Å². The van der Waals surface area contributed by atoms with Crippen molar-refractivity contribution in [1.82, 2.24) is 9.80 Å². The van der Waals surface area contributed by atoms with Gasteiger partial charge in [0.1, 0.15) is 5.75 Å². The summed E-state index contributed by atoms with van der Waals surface area (Å²) < 4.78 is 10.6. The summed E-state index contributed by atoms with van der Waals surface area (Å²) in [6, 6.07) is 8.31. The summed E-state index contributed by atoms with van der Waals surface area (Å²) in [5, 5.41) is 0. The first-order chi connectivity index (χ1) is 12.1. The number of carbonyl (C=O) groups excluding carboxylic acids is 1. The van der Waals surface area contributed by atoms with Gasteiger partial charge in [0.2, 0.25) is 5.91 Å². The molecule has 2 aliphatic rings. The van der Waals surface area contributed by atoms with E-state index in [-0.39, 0.29) is 11.4 Å². The molecule has 1 atom stereocenters. The molecule has 1 spiro atoms. The van der Waals surface area contributed by atoms with Crippen molar-refractivity contribution < 1.29 is 14.3 Å². The van der Waals surface area contributed by atoms with E-state index in [1.165, 1.54) is 12.8 Å². The van der Waals surface area contributed by atoms with Crippen LogP contribution in [0.2, 0.25) is 0 Å². The fourth-order valence-corrected chi connectivity index (χ4v) is 4.42. The second-order valence-electron chi connectivity index (χ2n) is 7.39. The number of piperidine rings is 1. The van der Waals surface area contributed by atoms with Crippen LogP contribution < -0.4 is 4.74 Å². The highest BCUT2D eigenvalue weighted by molar-refractivity contribution is 5.79. The van der Waals surface area contributed by atoms with Crippen molar-refractivity contribution in [1.29, 1.82) is 0 Å². The molecule has 5 heteroatoms. The van der Waals surface area contributed by atoms with E-state index >= 15 is 0 Å². The van der Waals surface area contributed by atoms with E-state index in [9.17, 15) is 4.79 Å². The van der Waals surface area contributed by atoms with Gasteiger partial charge in [0.15, 0.2) is 0 Å². The van der Waals surface area contributed by atoms with E-state index in [0.717, 1.165) is 43.9 Å². The van der Waals surface area contributed by atoms with Gasteiger partial charge in [0, 0.05) is 31.8 Å². The van der Waals surface area contributed by atoms with Gasteiger partial charge in [-0.1, -0.05) is 12.1 Å². The second kappa shape index (κ2) is 7.75. The highest BCUT2D eigenvalue weighted by atomic mass is 16.5. The van der Waals surface area contributed by atoms with Gasteiger partial charge in [-0.05, 0) is 50.4 Å². The van der Waals surface area contributed by atoms with Gasteiger partial charge >= 0.3 is 0 Å². The van der Waals surface area contributed by atoms with Gasteiger partial charge < -0.3 is 14.4 Å². The van der Waals surface area contributed by atoms with Crippen molar-refractivity contribution in [2.24, 2.45) is 0 Å². The minimum absolute atomic E-state index is 0.220. The Morgan fingerprint density at radius 2 is 2.00 bits per heavy atom. The highest BCUT2D eigenvalue weighted by Gasteiger charge is 2.46. The van der Waals surface area contributed by atoms with Crippen LogP contribution in [0.3, 0.4) is 0 Å².